The molecule has 0 aromatic carbocycles. The van der Waals surface area contributed by atoms with Crippen molar-refractivity contribution in [2.45, 2.75) is 18.2 Å². The minimum atomic E-state index is -3.53. The van der Waals surface area contributed by atoms with E-state index in [1.54, 1.807) is 6.92 Å². The van der Waals surface area contributed by atoms with Crippen molar-refractivity contribution in [2.24, 2.45) is 0 Å². The highest BCUT2D eigenvalue weighted by Crippen LogP contribution is 2.10. The molecule has 1 N–H and O–H groups in total. The Balaban J connectivity index is 3.20. The van der Waals surface area contributed by atoms with Crippen molar-refractivity contribution in [3.8, 4) is 0 Å². The zero-order valence-corrected chi connectivity index (χ0v) is 9.34. The maximum atomic E-state index is 11.4. The second-order valence-electron chi connectivity index (χ2n) is 2.89. The summed E-state index contributed by atoms with van der Waals surface area (Å²) in [4.78, 5) is 15.1. The molecule has 0 fully saturated rings. The lowest BCUT2D eigenvalue weighted by atomic mass is 10.1. The Bertz CT molecular complexity index is 468. The summed E-state index contributed by atoms with van der Waals surface area (Å²) in [5.74, 6) is -0.129. The second-order valence-corrected chi connectivity index (χ2v) is 4.78. The molecule has 0 aliphatic carbocycles. The molecular formula is C9H12N2O3S. The van der Waals surface area contributed by atoms with Gasteiger partial charge >= 0.3 is 0 Å². The van der Waals surface area contributed by atoms with Gasteiger partial charge in [-0.15, -0.1) is 0 Å². The maximum absolute atomic E-state index is 11.4. The largest absolute Gasteiger partial charge is 0.294 e. The molecule has 0 radical (unpaired) electrons. The van der Waals surface area contributed by atoms with Gasteiger partial charge in [-0.25, -0.2) is 13.1 Å². The molecule has 0 unspecified atom stereocenters. The van der Waals surface area contributed by atoms with Crippen LogP contribution in [-0.2, 0) is 10.0 Å². The predicted octanol–water partition coefficient (Wildman–Crippen LogP) is 0.582. The molecular weight excluding hydrogens is 216 g/mol. The van der Waals surface area contributed by atoms with Gasteiger partial charge in [0.1, 0.15) is 4.90 Å². The standard InChI is InChI=1S/C9H12N2O3S/c1-3-9(12)7-4-8(6-11-5-7)15(13,14)10-2/h4-6,10H,3H2,1-2H3. The van der Waals surface area contributed by atoms with Crippen LogP contribution < -0.4 is 4.72 Å². The number of rotatable bonds is 4. The molecule has 5 nitrogen and oxygen atoms in total. The fourth-order valence-electron chi connectivity index (χ4n) is 1.04. The van der Waals surface area contributed by atoms with Crippen molar-refractivity contribution in [3.63, 3.8) is 0 Å². The first-order valence-corrected chi connectivity index (χ1v) is 5.91. The molecule has 0 atom stereocenters. The van der Waals surface area contributed by atoms with Gasteiger partial charge in [0.15, 0.2) is 5.78 Å². The van der Waals surface area contributed by atoms with Crippen LogP contribution in [0, 0.1) is 0 Å². The number of carbonyl (C=O) groups is 1. The Morgan fingerprint density at radius 2 is 2.13 bits per heavy atom. The molecule has 0 spiro atoms. The lowest BCUT2D eigenvalue weighted by Crippen LogP contribution is -2.19. The average molecular weight is 228 g/mol. The number of nitrogens with zero attached hydrogens (tertiary/aromatic N) is 1. The van der Waals surface area contributed by atoms with Crippen molar-refractivity contribution in [1.29, 1.82) is 0 Å². The maximum Gasteiger partial charge on any atom is 0.241 e. The summed E-state index contributed by atoms with van der Waals surface area (Å²) >= 11 is 0. The van der Waals surface area contributed by atoms with Crippen molar-refractivity contribution < 1.29 is 13.2 Å². The number of nitrogens with one attached hydrogen (secondary N) is 1. The molecule has 0 aliphatic rings. The Morgan fingerprint density at radius 1 is 1.47 bits per heavy atom. The molecule has 1 aromatic heterocycles. The molecule has 0 aliphatic heterocycles. The molecule has 1 rings (SSSR count). The molecule has 6 heteroatoms. The zero-order chi connectivity index (χ0) is 11.5. The molecule has 0 bridgehead atoms. The van der Waals surface area contributed by atoms with Crippen LogP contribution in [0.2, 0.25) is 0 Å². The van der Waals surface area contributed by atoms with Gasteiger partial charge in [-0.1, -0.05) is 6.92 Å². The minimum Gasteiger partial charge on any atom is -0.294 e. The number of ketones is 1. The van der Waals surface area contributed by atoms with Crippen LogP contribution >= 0.6 is 0 Å². The lowest BCUT2D eigenvalue weighted by Gasteiger charge is -2.03. The Labute approximate surface area is 88.6 Å². The highest BCUT2D eigenvalue weighted by atomic mass is 32.2. The van der Waals surface area contributed by atoms with Crippen LogP contribution in [0.4, 0.5) is 0 Å². The minimum absolute atomic E-state index is 0.00398. The van der Waals surface area contributed by atoms with Crippen LogP contribution in [-0.4, -0.2) is 26.2 Å². The van der Waals surface area contributed by atoms with Gasteiger partial charge < -0.3 is 0 Å². The van der Waals surface area contributed by atoms with Crippen LogP contribution in [0.1, 0.15) is 23.7 Å². The summed E-state index contributed by atoms with van der Waals surface area (Å²) in [6.45, 7) is 1.71. The quantitative estimate of drug-likeness (QED) is 0.765. The summed E-state index contributed by atoms with van der Waals surface area (Å²) in [5.41, 5.74) is 0.314. The van der Waals surface area contributed by atoms with E-state index in [0.29, 0.717) is 12.0 Å². The van der Waals surface area contributed by atoms with Crippen molar-refractivity contribution in [3.05, 3.63) is 24.0 Å². The van der Waals surface area contributed by atoms with Crippen LogP contribution in [0.5, 0.6) is 0 Å². The Hall–Kier alpha value is -1.27. The first-order chi connectivity index (χ1) is 7.01. The number of hydrogen-bond acceptors (Lipinski definition) is 4. The average Bonchev–Trinajstić information content (AvgIpc) is 2.28. The first kappa shape index (κ1) is 11.8. The van der Waals surface area contributed by atoms with E-state index in [0.717, 1.165) is 0 Å². The summed E-state index contributed by atoms with van der Waals surface area (Å²) in [6, 6.07) is 1.32. The van der Waals surface area contributed by atoms with Gasteiger partial charge in [0.05, 0.1) is 0 Å². The SMILES string of the molecule is CCC(=O)c1cncc(S(=O)(=O)NC)c1. The van der Waals surface area contributed by atoms with Gasteiger partial charge in [-0.05, 0) is 13.1 Å². The number of sulfonamides is 1. The number of carbonyl (C=O) groups excluding carboxylic acids is 1. The molecule has 82 valence electrons. The van der Waals surface area contributed by atoms with E-state index in [1.165, 1.54) is 25.5 Å². The number of pyridine rings is 1. The predicted molar refractivity (Wildman–Crippen MR) is 55.1 cm³/mol. The fraction of sp³-hybridized carbons (Fsp3) is 0.333. The third-order valence-corrected chi connectivity index (χ3v) is 3.32. The number of hydrogen-bond donors (Lipinski definition) is 1. The number of aromatic nitrogens is 1. The second kappa shape index (κ2) is 4.50. The fourth-order valence-corrected chi connectivity index (χ4v) is 1.76. The van der Waals surface area contributed by atoms with Gasteiger partial charge in [-0.3, -0.25) is 9.78 Å². The van der Waals surface area contributed by atoms with Crippen molar-refractivity contribution >= 4 is 15.8 Å². The third kappa shape index (κ3) is 2.60. The van der Waals surface area contributed by atoms with E-state index in [2.05, 4.69) is 9.71 Å². The van der Waals surface area contributed by atoms with Crippen LogP contribution in [0.15, 0.2) is 23.4 Å². The van der Waals surface area contributed by atoms with Crippen molar-refractivity contribution in [2.75, 3.05) is 7.05 Å². The van der Waals surface area contributed by atoms with E-state index in [1.807, 2.05) is 0 Å². The van der Waals surface area contributed by atoms with Gasteiger partial charge in [0.2, 0.25) is 10.0 Å². The molecule has 0 saturated carbocycles. The van der Waals surface area contributed by atoms with E-state index < -0.39 is 10.0 Å². The first-order valence-electron chi connectivity index (χ1n) is 4.43. The van der Waals surface area contributed by atoms with Crippen molar-refractivity contribution in [1.82, 2.24) is 9.71 Å². The molecule has 0 amide bonds. The summed E-state index contributed by atoms with van der Waals surface area (Å²) < 4.78 is 25.0. The molecule has 1 heterocycles. The van der Waals surface area contributed by atoms with E-state index in [4.69, 9.17) is 0 Å². The third-order valence-electron chi connectivity index (χ3n) is 1.94. The van der Waals surface area contributed by atoms with Crippen LogP contribution in [0.3, 0.4) is 0 Å². The number of Topliss-reactive ketones (excluding diaryl/α,β-unsaturated/α-hetero) is 1. The summed E-state index contributed by atoms with van der Waals surface area (Å²) in [7, 11) is -2.22. The highest BCUT2D eigenvalue weighted by molar-refractivity contribution is 7.89. The van der Waals surface area contributed by atoms with Gasteiger partial charge in [0.25, 0.3) is 0 Å². The Kier molecular flexibility index (Phi) is 3.54. The zero-order valence-electron chi connectivity index (χ0n) is 8.52. The highest BCUT2D eigenvalue weighted by Gasteiger charge is 2.13. The topological polar surface area (TPSA) is 76.1 Å². The molecule has 0 saturated heterocycles. The normalized spacial score (nSPS) is 11.3. The van der Waals surface area contributed by atoms with E-state index in [-0.39, 0.29) is 10.7 Å². The molecule has 15 heavy (non-hydrogen) atoms. The van der Waals surface area contributed by atoms with E-state index in [9.17, 15) is 13.2 Å². The van der Waals surface area contributed by atoms with Gasteiger partial charge in [-0.2, -0.15) is 0 Å². The van der Waals surface area contributed by atoms with Crippen LogP contribution in [0.25, 0.3) is 0 Å². The monoisotopic (exact) mass is 228 g/mol. The van der Waals surface area contributed by atoms with E-state index >= 15 is 0 Å². The lowest BCUT2D eigenvalue weighted by molar-refractivity contribution is 0.0987. The summed E-state index contributed by atoms with van der Waals surface area (Å²) in [6.07, 6.45) is 2.89. The summed E-state index contributed by atoms with van der Waals surface area (Å²) in [5, 5.41) is 0. The van der Waals surface area contributed by atoms with Gasteiger partial charge in [0, 0.05) is 24.4 Å². The molecule has 1 aromatic rings. The smallest absolute Gasteiger partial charge is 0.241 e. The Morgan fingerprint density at radius 3 is 2.67 bits per heavy atom.